The van der Waals surface area contributed by atoms with Crippen molar-refractivity contribution in [2.24, 2.45) is 0 Å². The van der Waals surface area contributed by atoms with Crippen molar-refractivity contribution in [2.75, 3.05) is 19.4 Å². The Bertz CT molecular complexity index is 570. The van der Waals surface area contributed by atoms with Crippen molar-refractivity contribution >= 4 is 22.1 Å². The van der Waals surface area contributed by atoms with Crippen LogP contribution in [0.5, 0.6) is 0 Å². The highest BCUT2D eigenvalue weighted by atomic mass is 32.2. The summed E-state index contributed by atoms with van der Waals surface area (Å²) in [5, 5.41) is 2.69. The number of rotatable bonds is 6. The monoisotopic (exact) mass is 378 g/mol. The second-order valence-electron chi connectivity index (χ2n) is 7.20. The zero-order valence-corrected chi connectivity index (χ0v) is 16.5. The molecule has 0 radical (unpaired) electrons. The Morgan fingerprint density at radius 3 is 2.40 bits per heavy atom. The summed E-state index contributed by atoms with van der Waals surface area (Å²) < 4.78 is 36.3. The Hall–Kier alpha value is -1.35. The fraction of sp³-hybridized carbons (Fsp3) is 0.875. The van der Waals surface area contributed by atoms with Crippen molar-refractivity contribution < 1.29 is 27.5 Å². The van der Waals surface area contributed by atoms with Gasteiger partial charge >= 0.3 is 12.1 Å². The number of ether oxygens (including phenoxy) is 2. The average Bonchev–Trinajstić information content (AvgIpc) is 2.50. The highest BCUT2D eigenvalue weighted by molar-refractivity contribution is 7.89. The second-order valence-corrected chi connectivity index (χ2v) is 9.24. The van der Waals surface area contributed by atoms with Gasteiger partial charge in [0.1, 0.15) is 11.6 Å². The molecule has 1 heterocycles. The molecule has 146 valence electrons. The van der Waals surface area contributed by atoms with E-state index in [1.165, 1.54) is 11.4 Å². The number of unbranched alkanes of at least 4 members (excludes halogenated alkanes) is 1. The van der Waals surface area contributed by atoms with Crippen molar-refractivity contribution in [3.63, 3.8) is 0 Å². The van der Waals surface area contributed by atoms with E-state index in [1.54, 1.807) is 20.8 Å². The van der Waals surface area contributed by atoms with E-state index in [4.69, 9.17) is 9.47 Å². The molecule has 1 saturated heterocycles. The van der Waals surface area contributed by atoms with Crippen LogP contribution >= 0.6 is 0 Å². The fourth-order valence-corrected chi connectivity index (χ4v) is 4.53. The van der Waals surface area contributed by atoms with Crippen LogP contribution in [0.2, 0.25) is 0 Å². The summed E-state index contributed by atoms with van der Waals surface area (Å²) in [5.74, 6) is -0.605. The Morgan fingerprint density at radius 2 is 1.88 bits per heavy atom. The standard InChI is InChI=1S/C16H30N2O6S/c1-6-7-10-25(21,22)18-11-12(8-9-13(18)14(19)23-5)17-15(20)24-16(2,3)4/h12-13H,6-11H2,1-5H3,(H,17,20)/t12-,13-/m1/s1. The zero-order valence-electron chi connectivity index (χ0n) is 15.7. The highest BCUT2D eigenvalue weighted by Crippen LogP contribution is 2.23. The average molecular weight is 378 g/mol. The summed E-state index contributed by atoms with van der Waals surface area (Å²) >= 11 is 0. The van der Waals surface area contributed by atoms with Crippen LogP contribution < -0.4 is 5.32 Å². The molecule has 2 atom stereocenters. The molecule has 1 aliphatic rings. The third-order valence-electron chi connectivity index (χ3n) is 3.84. The summed E-state index contributed by atoms with van der Waals surface area (Å²) in [7, 11) is -2.37. The van der Waals surface area contributed by atoms with Crippen molar-refractivity contribution in [3.05, 3.63) is 0 Å². The van der Waals surface area contributed by atoms with Crippen LogP contribution in [0.15, 0.2) is 0 Å². The van der Waals surface area contributed by atoms with Gasteiger partial charge in [-0.1, -0.05) is 13.3 Å². The normalized spacial score (nSPS) is 22.3. The van der Waals surface area contributed by atoms with Crippen LogP contribution in [0.1, 0.15) is 53.4 Å². The van der Waals surface area contributed by atoms with Gasteiger partial charge in [-0.05, 0) is 40.0 Å². The molecule has 0 bridgehead atoms. The molecule has 1 amide bonds. The zero-order chi connectivity index (χ0) is 19.3. The number of hydrogen-bond donors (Lipinski definition) is 1. The van der Waals surface area contributed by atoms with Gasteiger partial charge in [0.05, 0.1) is 12.9 Å². The first-order valence-electron chi connectivity index (χ1n) is 8.57. The van der Waals surface area contributed by atoms with Crippen molar-refractivity contribution in [1.82, 2.24) is 9.62 Å². The quantitative estimate of drug-likeness (QED) is 0.705. The van der Waals surface area contributed by atoms with Gasteiger partial charge < -0.3 is 14.8 Å². The smallest absolute Gasteiger partial charge is 0.407 e. The first-order valence-corrected chi connectivity index (χ1v) is 10.2. The molecule has 0 spiro atoms. The molecule has 0 aromatic carbocycles. The molecule has 1 aliphatic heterocycles. The Morgan fingerprint density at radius 1 is 1.24 bits per heavy atom. The molecule has 0 saturated carbocycles. The van der Waals surface area contributed by atoms with Crippen LogP contribution in [0, 0.1) is 0 Å². The maximum atomic E-state index is 12.6. The molecule has 1 fully saturated rings. The van der Waals surface area contributed by atoms with Gasteiger partial charge in [-0.3, -0.25) is 4.79 Å². The predicted molar refractivity (Wildman–Crippen MR) is 93.6 cm³/mol. The summed E-state index contributed by atoms with van der Waals surface area (Å²) in [6.45, 7) is 7.19. The van der Waals surface area contributed by atoms with Crippen LogP contribution in [0.3, 0.4) is 0 Å². The van der Waals surface area contributed by atoms with Crippen molar-refractivity contribution in [3.8, 4) is 0 Å². The number of nitrogens with one attached hydrogen (secondary N) is 1. The Kier molecular flexibility index (Phi) is 7.67. The van der Waals surface area contributed by atoms with E-state index in [1.807, 2.05) is 6.92 Å². The fourth-order valence-electron chi connectivity index (χ4n) is 2.65. The van der Waals surface area contributed by atoms with E-state index in [9.17, 15) is 18.0 Å². The molecule has 0 aromatic heterocycles. The van der Waals surface area contributed by atoms with Gasteiger partial charge in [0, 0.05) is 12.6 Å². The maximum absolute atomic E-state index is 12.6. The van der Waals surface area contributed by atoms with Crippen LogP contribution in [-0.2, 0) is 24.3 Å². The molecule has 0 unspecified atom stereocenters. The highest BCUT2D eigenvalue weighted by Gasteiger charge is 2.41. The third-order valence-corrected chi connectivity index (χ3v) is 5.77. The number of amides is 1. The van der Waals surface area contributed by atoms with E-state index in [0.717, 1.165) is 6.42 Å². The second kappa shape index (κ2) is 8.84. The molecule has 0 aromatic rings. The summed E-state index contributed by atoms with van der Waals surface area (Å²) in [6.07, 6.45) is 1.41. The van der Waals surface area contributed by atoms with Gasteiger partial charge in [0.2, 0.25) is 10.0 Å². The summed E-state index contributed by atoms with van der Waals surface area (Å²) in [4.78, 5) is 23.9. The van der Waals surface area contributed by atoms with Gasteiger partial charge in [-0.2, -0.15) is 4.31 Å². The van der Waals surface area contributed by atoms with Gasteiger partial charge in [0.15, 0.2) is 0 Å². The number of nitrogens with zero attached hydrogens (tertiary/aromatic N) is 1. The third kappa shape index (κ3) is 6.81. The molecule has 9 heteroatoms. The van der Waals surface area contributed by atoms with Crippen molar-refractivity contribution in [2.45, 2.75) is 71.1 Å². The van der Waals surface area contributed by atoms with Crippen molar-refractivity contribution in [1.29, 1.82) is 0 Å². The summed E-state index contributed by atoms with van der Waals surface area (Å²) in [6, 6.07) is -1.25. The van der Waals surface area contributed by atoms with Crippen LogP contribution in [0.25, 0.3) is 0 Å². The van der Waals surface area contributed by atoms with Gasteiger partial charge in [-0.15, -0.1) is 0 Å². The lowest BCUT2D eigenvalue weighted by Gasteiger charge is -2.37. The lowest BCUT2D eigenvalue weighted by atomic mass is 10.0. The number of piperidine rings is 1. The van der Waals surface area contributed by atoms with E-state index < -0.39 is 39.8 Å². The predicted octanol–water partition coefficient (Wildman–Crippen LogP) is 1.65. The van der Waals surface area contributed by atoms with E-state index in [2.05, 4.69) is 5.32 Å². The minimum atomic E-state index is -3.61. The van der Waals surface area contributed by atoms with E-state index in [-0.39, 0.29) is 12.3 Å². The molecule has 0 aliphatic carbocycles. The SMILES string of the molecule is CCCCS(=O)(=O)N1C[C@H](NC(=O)OC(C)(C)C)CC[C@@H]1C(=O)OC. The minimum Gasteiger partial charge on any atom is -0.468 e. The Labute approximate surface area is 150 Å². The topological polar surface area (TPSA) is 102 Å². The van der Waals surface area contributed by atoms with E-state index in [0.29, 0.717) is 19.3 Å². The molecule has 1 N–H and O–H groups in total. The Balaban J connectivity index is 2.87. The molecule has 1 rings (SSSR count). The number of sulfonamides is 1. The summed E-state index contributed by atoms with van der Waals surface area (Å²) in [5.41, 5.74) is -0.639. The maximum Gasteiger partial charge on any atom is 0.407 e. The van der Waals surface area contributed by atoms with E-state index >= 15 is 0 Å². The lowest BCUT2D eigenvalue weighted by Crippen LogP contribution is -2.57. The number of methoxy groups -OCH3 is 1. The molecular formula is C16H30N2O6S. The first-order chi connectivity index (χ1) is 11.5. The van der Waals surface area contributed by atoms with Crippen LogP contribution in [0.4, 0.5) is 4.79 Å². The number of hydrogen-bond acceptors (Lipinski definition) is 6. The minimum absolute atomic E-state index is 0.0316. The largest absolute Gasteiger partial charge is 0.468 e. The molecule has 25 heavy (non-hydrogen) atoms. The van der Waals surface area contributed by atoms with Crippen LogP contribution in [-0.4, -0.2) is 61.9 Å². The number of esters is 1. The van der Waals surface area contributed by atoms with Gasteiger partial charge in [-0.25, -0.2) is 13.2 Å². The van der Waals surface area contributed by atoms with Gasteiger partial charge in [0.25, 0.3) is 0 Å². The first kappa shape index (κ1) is 21.7. The lowest BCUT2D eigenvalue weighted by molar-refractivity contribution is -0.146. The number of carbonyl (C=O) groups excluding carboxylic acids is 2. The molecule has 8 nitrogen and oxygen atoms in total. The number of carbonyl (C=O) groups is 2. The molecular weight excluding hydrogens is 348 g/mol. The number of alkyl carbamates (subject to hydrolysis) is 1.